The molecule has 136 valence electrons. The monoisotopic (exact) mass is 336 g/mol. The highest BCUT2D eigenvalue weighted by molar-refractivity contribution is 5.78. The standard InChI is InChI=1S/C18H32N4O2/c1-6-22(7-2)10-11-24-16-9-8-15(12-17(16)23-5)13-20-18(19)21-14(3)4/h8-9,12,14H,6-7,10-11,13H2,1-5H3,(H3,19,20,21). The first-order chi connectivity index (χ1) is 11.5. The number of rotatable bonds is 10. The van der Waals surface area contributed by atoms with E-state index in [0.717, 1.165) is 36.7 Å². The summed E-state index contributed by atoms with van der Waals surface area (Å²) in [5.41, 5.74) is 6.85. The zero-order valence-electron chi connectivity index (χ0n) is 15.6. The molecule has 0 unspecified atom stereocenters. The Hall–Kier alpha value is -1.95. The lowest BCUT2D eigenvalue weighted by molar-refractivity contribution is 0.217. The largest absolute Gasteiger partial charge is 0.493 e. The number of methoxy groups -OCH3 is 1. The lowest BCUT2D eigenvalue weighted by Gasteiger charge is -2.19. The smallest absolute Gasteiger partial charge is 0.189 e. The van der Waals surface area contributed by atoms with Crippen LogP contribution < -0.4 is 20.5 Å². The van der Waals surface area contributed by atoms with E-state index in [1.807, 2.05) is 32.0 Å². The normalized spacial score (nSPS) is 11.9. The van der Waals surface area contributed by atoms with Crippen molar-refractivity contribution < 1.29 is 9.47 Å². The number of hydrogen-bond acceptors (Lipinski definition) is 4. The van der Waals surface area contributed by atoms with Crippen molar-refractivity contribution in [3.8, 4) is 11.5 Å². The molecule has 0 saturated carbocycles. The summed E-state index contributed by atoms with van der Waals surface area (Å²) in [7, 11) is 1.65. The molecular formula is C18H32N4O2. The van der Waals surface area contributed by atoms with Gasteiger partial charge >= 0.3 is 0 Å². The number of likely N-dealkylation sites (N-methyl/N-ethyl adjacent to an activating group) is 1. The van der Waals surface area contributed by atoms with Crippen LogP contribution in [0.4, 0.5) is 0 Å². The van der Waals surface area contributed by atoms with Gasteiger partial charge in [-0.25, -0.2) is 4.99 Å². The van der Waals surface area contributed by atoms with Crippen molar-refractivity contribution in [3.63, 3.8) is 0 Å². The van der Waals surface area contributed by atoms with Gasteiger partial charge in [-0.15, -0.1) is 0 Å². The number of nitrogens with one attached hydrogen (secondary N) is 1. The van der Waals surface area contributed by atoms with Gasteiger partial charge in [0.2, 0.25) is 0 Å². The van der Waals surface area contributed by atoms with Crippen LogP contribution in [-0.2, 0) is 6.54 Å². The maximum absolute atomic E-state index is 5.86. The molecule has 0 aliphatic heterocycles. The SMILES string of the molecule is CCN(CC)CCOc1ccc(CN=C(N)NC(C)C)cc1OC. The van der Waals surface area contributed by atoms with Gasteiger partial charge in [0, 0.05) is 12.6 Å². The van der Waals surface area contributed by atoms with Crippen LogP contribution in [0.25, 0.3) is 0 Å². The number of ether oxygens (including phenoxy) is 2. The predicted octanol–water partition coefficient (Wildman–Crippen LogP) is 2.23. The van der Waals surface area contributed by atoms with E-state index in [-0.39, 0.29) is 6.04 Å². The predicted molar refractivity (Wildman–Crippen MR) is 99.9 cm³/mol. The Labute approximate surface area is 146 Å². The summed E-state index contributed by atoms with van der Waals surface area (Å²) in [4.78, 5) is 6.65. The zero-order valence-corrected chi connectivity index (χ0v) is 15.6. The fraction of sp³-hybridized carbons (Fsp3) is 0.611. The van der Waals surface area contributed by atoms with Crippen LogP contribution in [0.5, 0.6) is 11.5 Å². The molecule has 6 heteroatoms. The van der Waals surface area contributed by atoms with Crippen molar-refractivity contribution in [2.75, 3.05) is 33.4 Å². The minimum Gasteiger partial charge on any atom is -0.493 e. The molecule has 1 aromatic rings. The van der Waals surface area contributed by atoms with Gasteiger partial charge in [0.25, 0.3) is 0 Å². The van der Waals surface area contributed by atoms with Crippen molar-refractivity contribution in [2.24, 2.45) is 10.7 Å². The molecule has 0 fully saturated rings. The molecule has 6 nitrogen and oxygen atoms in total. The molecule has 0 heterocycles. The molecule has 0 aliphatic carbocycles. The van der Waals surface area contributed by atoms with Crippen molar-refractivity contribution in [3.05, 3.63) is 23.8 Å². The molecule has 0 aliphatic rings. The van der Waals surface area contributed by atoms with Crippen molar-refractivity contribution >= 4 is 5.96 Å². The number of hydrogen-bond donors (Lipinski definition) is 2. The highest BCUT2D eigenvalue weighted by Crippen LogP contribution is 2.28. The summed E-state index contributed by atoms with van der Waals surface area (Å²) in [6.07, 6.45) is 0. The third-order valence-electron chi connectivity index (χ3n) is 3.66. The summed E-state index contributed by atoms with van der Waals surface area (Å²) in [5, 5.41) is 3.07. The van der Waals surface area contributed by atoms with E-state index in [0.29, 0.717) is 19.1 Å². The number of nitrogens with two attached hydrogens (primary N) is 1. The molecular weight excluding hydrogens is 304 g/mol. The molecule has 0 aromatic heterocycles. The van der Waals surface area contributed by atoms with Crippen LogP contribution in [-0.4, -0.2) is 50.3 Å². The minimum absolute atomic E-state index is 0.268. The van der Waals surface area contributed by atoms with Gasteiger partial charge in [0.1, 0.15) is 6.61 Å². The van der Waals surface area contributed by atoms with E-state index in [2.05, 4.69) is 29.1 Å². The molecule has 0 spiro atoms. The zero-order chi connectivity index (χ0) is 17.9. The van der Waals surface area contributed by atoms with Crippen molar-refractivity contribution in [1.29, 1.82) is 0 Å². The van der Waals surface area contributed by atoms with Crippen LogP contribution in [0.3, 0.4) is 0 Å². The summed E-state index contributed by atoms with van der Waals surface area (Å²) < 4.78 is 11.3. The molecule has 3 N–H and O–H groups in total. The second-order valence-electron chi connectivity index (χ2n) is 5.86. The van der Waals surface area contributed by atoms with Crippen LogP contribution in [0, 0.1) is 0 Å². The van der Waals surface area contributed by atoms with Gasteiger partial charge in [0.05, 0.1) is 13.7 Å². The first kappa shape index (κ1) is 20.1. The molecule has 0 radical (unpaired) electrons. The van der Waals surface area contributed by atoms with Gasteiger partial charge in [-0.1, -0.05) is 19.9 Å². The third-order valence-corrected chi connectivity index (χ3v) is 3.66. The Kier molecular flexibility index (Phi) is 9.01. The number of nitrogens with zero attached hydrogens (tertiary/aromatic N) is 2. The van der Waals surface area contributed by atoms with Gasteiger partial charge in [-0.2, -0.15) is 0 Å². The number of aliphatic imine (C=N–C) groups is 1. The third kappa shape index (κ3) is 7.08. The van der Waals surface area contributed by atoms with E-state index < -0.39 is 0 Å². The Morgan fingerprint density at radius 1 is 1.25 bits per heavy atom. The van der Waals surface area contributed by atoms with E-state index in [1.165, 1.54) is 0 Å². The minimum atomic E-state index is 0.268. The lowest BCUT2D eigenvalue weighted by Crippen LogP contribution is -2.36. The maximum atomic E-state index is 5.86. The lowest BCUT2D eigenvalue weighted by atomic mass is 10.2. The van der Waals surface area contributed by atoms with Crippen molar-refractivity contribution in [2.45, 2.75) is 40.3 Å². The maximum Gasteiger partial charge on any atom is 0.189 e. The second kappa shape index (κ2) is 10.8. The fourth-order valence-electron chi connectivity index (χ4n) is 2.27. The topological polar surface area (TPSA) is 72.1 Å². The fourth-order valence-corrected chi connectivity index (χ4v) is 2.27. The number of benzene rings is 1. The molecule has 0 bridgehead atoms. The summed E-state index contributed by atoms with van der Waals surface area (Å²) in [6, 6.07) is 6.13. The van der Waals surface area contributed by atoms with Crippen LogP contribution in [0.1, 0.15) is 33.3 Å². The molecule has 24 heavy (non-hydrogen) atoms. The molecule has 0 amide bonds. The van der Waals surface area contributed by atoms with Gasteiger partial charge < -0.3 is 25.4 Å². The van der Waals surface area contributed by atoms with Crippen LogP contribution in [0.15, 0.2) is 23.2 Å². The summed E-state index contributed by atoms with van der Waals surface area (Å²) in [6.45, 7) is 12.4. The molecule has 0 saturated heterocycles. The average Bonchev–Trinajstić information content (AvgIpc) is 2.56. The molecule has 1 aromatic carbocycles. The average molecular weight is 336 g/mol. The Balaban J connectivity index is 2.64. The first-order valence-electron chi connectivity index (χ1n) is 8.58. The van der Waals surface area contributed by atoms with E-state index in [4.69, 9.17) is 15.2 Å². The first-order valence-corrected chi connectivity index (χ1v) is 8.58. The van der Waals surface area contributed by atoms with E-state index in [1.54, 1.807) is 7.11 Å². The molecule has 1 rings (SSSR count). The van der Waals surface area contributed by atoms with Gasteiger partial charge in [-0.3, -0.25) is 0 Å². The van der Waals surface area contributed by atoms with Crippen LogP contribution >= 0.6 is 0 Å². The number of guanidine groups is 1. The quantitative estimate of drug-likeness (QED) is 0.506. The Morgan fingerprint density at radius 2 is 1.96 bits per heavy atom. The van der Waals surface area contributed by atoms with Gasteiger partial charge in [0.15, 0.2) is 17.5 Å². The Bertz CT molecular complexity index is 514. The van der Waals surface area contributed by atoms with Crippen molar-refractivity contribution in [1.82, 2.24) is 10.2 Å². The second-order valence-corrected chi connectivity index (χ2v) is 5.86. The van der Waals surface area contributed by atoms with E-state index in [9.17, 15) is 0 Å². The highest BCUT2D eigenvalue weighted by atomic mass is 16.5. The summed E-state index contributed by atoms with van der Waals surface area (Å²) in [5.74, 6) is 1.92. The van der Waals surface area contributed by atoms with Gasteiger partial charge in [-0.05, 0) is 44.6 Å². The summed E-state index contributed by atoms with van der Waals surface area (Å²) >= 11 is 0. The van der Waals surface area contributed by atoms with E-state index >= 15 is 0 Å². The highest BCUT2D eigenvalue weighted by Gasteiger charge is 2.07. The Morgan fingerprint density at radius 3 is 2.54 bits per heavy atom. The molecule has 0 atom stereocenters. The van der Waals surface area contributed by atoms with Crippen LogP contribution in [0.2, 0.25) is 0 Å².